The Hall–Kier alpha value is -1.19. The number of carbonyl (C=O) groups is 1. The Labute approximate surface area is 121 Å². The van der Waals surface area contributed by atoms with Gasteiger partial charge >= 0.3 is 0 Å². The van der Waals surface area contributed by atoms with Crippen molar-refractivity contribution < 1.29 is 4.79 Å². The third-order valence-electron chi connectivity index (χ3n) is 4.84. The van der Waals surface area contributed by atoms with E-state index in [4.69, 9.17) is 0 Å². The molecule has 0 N–H and O–H groups in total. The summed E-state index contributed by atoms with van der Waals surface area (Å²) in [4.78, 5) is 17.6. The lowest BCUT2D eigenvalue weighted by molar-refractivity contribution is -0.128. The first-order valence-electron chi connectivity index (χ1n) is 7.62. The molecule has 0 saturated carbocycles. The molecule has 2 unspecified atom stereocenters. The Balaban J connectivity index is 1.90. The van der Waals surface area contributed by atoms with E-state index in [1.54, 1.807) is 0 Å². The molecule has 2 heterocycles. The number of hydrogen-bond acceptors (Lipinski definition) is 3. The molecule has 2 saturated heterocycles. The van der Waals surface area contributed by atoms with Gasteiger partial charge in [-0.05, 0) is 19.0 Å². The number of Topliss-reactive ketones (excluding diaryl/α,β-unsaturated/α-hetero) is 1. The zero-order chi connectivity index (χ0) is 14.3. The van der Waals surface area contributed by atoms with E-state index in [1.165, 1.54) is 6.42 Å². The summed E-state index contributed by atoms with van der Waals surface area (Å²) in [5.41, 5.74) is 1.15. The van der Waals surface area contributed by atoms with Gasteiger partial charge in [0.05, 0.1) is 6.04 Å². The highest BCUT2D eigenvalue weighted by molar-refractivity contribution is 5.87. The molecule has 0 radical (unpaired) electrons. The summed E-state index contributed by atoms with van der Waals surface area (Å²) in [6.07, 6.45) is 1.21. The number of likely N-dealkylation sites (tertiary alicyclic amines) is 2. The number of hydrogen-bond donors (Lipinski definition) is 0. The summed E-state index contributed by atoms with van der Waals surface area (Å²) >= 11 is 0. The molecule has 2 aliphatic heterocycles. The third-order valence-corrected chi connectivity index (χ3v) is 4.84. The van der Waals surface area contributed by atoms with Crippen LogP contribution in [0.25, 0.3) is 0 Å². The van der Waals surface area contributed by atoms with E-state index >= 15 is 0 Å². The first kappa shape index (κ1) is 13.8. The SMILES string of the molecule is CC(C)C(=O)C(c1ccccc1)N1C[C@H]2CC1CN2C. The van der Waals surface area contributed by atoms with Gasteiger partial charge in [-0.2, -0.15) is 0 Å². The van der Waals surface area contributed by atoms with Crippen LogP contribution in [-0.2, 0) is 4.79 Å². The van der Waals surface area contributed by atoms with Crippen molar-refractivity contribution in [3.63, 3.8) is 0 Å². The second-order valence-electron chi connectivity index (χ2n) is 6.55. The third kappa shape index (κ3) is 2.29. The average Bonchev–Trinajstić information content (AvgIpc) is 2.99. The summed E-state index contributed by atoms with van der Waals surface area (Å²) in [5.74, 6) is 0.434. The highest BCUT2D eigenvalue weighted by Crippen LogP contribution is 2.37. The Morgan fingerprint density at radius 1 is 1.15 bits per heavy atom. The summed E-state index contributed by atoms with van der Waals surface area (Å²) in [6.45, 7) is 6.15. The van der Waals surface area contributed by atoms with Gasteiger partial charge < -0.3 is 4.90 Å². The largest absolute Gasteiger partial charge is 0.301 e. The maximum Gasteiger partial charge on any atom is 0.157 e. The van der Waals surface area contributed by atoms with Crippen LogP contribution in [0.15, 0.2) is 30.3 Å². The van der Waals surface area contributed by atoms with E-state index in [9.17, 15) is 4.79 Å². The van der Waals surface area contributed by atoms with Gasteiger partial charge in [0, 0.05) is 31.1 Å². The van der Waals surface area contributed by atoms with Crippen LogP contribution in [0.3, 0.4) is 0 Å². The maximum absolute atomic E-state index is 12.7. The summed E-state index contributed by atoms with van der Waals surface area (Å²) in [5, 5.41) is 0. The molecule has 3 heteroatoms. The minimum atomic E-state index is -0.0556. The average molecular weight is 272 g/mol. The molecule has 0 aliphatic carbocycles. The van der Waals surface area contributed by atoms with Crippen molar-refractivity contribution in [3.8, 4) is 0 Å². The van der Waals surface area contributed by atoms with Crippen molar-refractivity contribution in [1.82, 2.24) is 9.80 Å². The Bertz CT molecular complexity index is 483. The van der Waals surface area contributed by atoms with Crippen LogP contribution in [0, 0.1) is 5.92 Å². The van der Waals surface area contributed by atoms with Crippen molar-refractivity contribution in [2.45, 2.75) is 38.4 Å². The quantitative estimate of drug-likeness (QED) is 0.840. The molecule has 108 valence electrons. The van der Waals surface area contributed by atoms with Crippen LogP contribution in [-0.4, -0.2) is 47.8 Å². The number of piperazine rings is 1. The van der Waals surface area contributed by atoms with Crippen molar-refractivity contribution in [1.29, 1.82) is 0 Å². The zero-order valence-electron chi connectivity index (χ0n) is 12.6. The van der Waals surface area contributed by atoms with Gasteiger partial charge in [0.2, 0.25) is 0 Å². The number of ketones is 1. The predicted octanol–water partition coefficient (Wildman–Crippen LogP) is 2.34. The van der Waals surface area contributed by atoms with Gasteiger partial charge in [-0.3, -0.25) is 9.69 Å². The molecule has 0 amide bonds. The minimum Gasteiger partial charge on any atom is -0.301 e. The van der Waals surface area contributed by atoms with Gasteiger partial charge in [0.1, 0.15) is 0 Å². The van der Waals surface area contributed by atoms with Gasteiger partial charge in [-0.1, -0.05) is 44.2 Å². The molecule has 3 rings (SSSR count). The van der Waals surface area contributed by atoms with Crippen LogP contribution >= 0.6 is 0 Å². The standard InChI is InChI=1S/C17H24N2O/c1-12(2)17(20)16(13-7-5-4-6-8-13)19-11-14-9-15(19)10-18(14)3/h4-8,12,14-16H,9-11H2,1-3H3/t14-,15?,16?/m1/s1. The number of benzene rings is 1. The Morgan fingerprint density at radius 2 is 1.85 bits per heavy atom. The van der Waals surface area contributed by atoms with Gasteiger partial charge in [0.15, 0.2) is 5.78 Å². The van der Waals surface area contributed by atoms with Crippen LogP contribution in [0.5, 0.6) is 0 Å². The van der Waals surface area contributed by atoms with E-state index in [0.29, 0.717) is 17.9 Å². The molecule has 0 aromatic heterocycles. The zero-order valence-corrected chi connectivity index (χ0v) is 12.6. The minimum absolute atomic E-state index is 0.0556. The van der Waals surface area contributed by atoms with Crippen LogP contribution < -0.4 is 0 Å². The molecule has 3 atom stereocenters. The van der Waals surface area contributed by atoms with Gasteiger partial charge in [-0.15, -0.1) is 0 Å². The van der Waals surface area contributed by atoms with E-state index in [2.05, 4.69) is 29.0 Å². The van der Waals surface area contributed by atoms with Crippen LogP contribution in [0.2, 0.25) is 0 Å². The number of likely N-dealkylation sites (N-methyl/N-ethyl adjacent to an activating group) is 1. The first-order valence-corrected chi connectivity index (χ1v) is 7.62. The lowest BCUT2D eigenvalue weighted by Crippen LogP contribution is -2.48. The van der Waals surface area contributed by atoms with E-state index in [1.807, 2.05) is 32.0 Å². The number of carbonyl (C=O) groups excluding carboxylic acids is 1. The van der Waals surface area contributed by atoms with Crippen LogP contribution in [0.1, 0.15) is 31.9 Å². The topological polar surface area (TPSA) is 23.6 Å². The molecule has 20 heavy (non-hydrogen) atoms. The van der Waals surface area contributed by atoms with E-state index in [-0.39, 0.29) is 12.0 Å². The molecular weight excluding hydrogens is 248 g/mol. The lowest BCUT2D eigenvalue weighted by atomic mass is 9.93. The Morgan fingerprint density at radius 3 is 2.35 bits per heavy atom. The van der Waals surface area contributed by atoms with Crippen molar-refractivity contribution in [2.24, 2.45) is 5.92 Å². The molecule has 2 bridgehead atoms. The molecule has 1 aromatic rings. The summed E-state index contributed by atoms with van der Waals surface area (Å²) in [6, 6.07) is 11.4. The summed E-state index contributed by atoms with van der Waals surface area (Å²) < 4.78 is 0. The fourth-order valence-corrected chi connectivity index (χ4v) is 3.68. The molecule has 2 fully saturated rings. The second-order valence-corrected chi connectivity index (χ2v) is 6.55. The van der Waals surface area contributed by atoms with Gasteiger partial charge in [-0.25, -0.2) is 0 Å². The summed E-state index contributed by atoms with van der Waals surface area (Å²) in [7, 11) is 2.20. The molecular formula is C17H24N2O. The monoisotopic (exact) mass is 272 g/mol. The smallest absolute Gasteiger partial charge is 0.157 e. The van der Waals surface area contributed by atoms with Crippen LogP contribution in [0.4, 0.5) is 0 Å². The first-order chi connectivity index (χ1) is 9.58. The number of nitrogens with zero attached hydrogens (tertiary/aromatic N) is 2. The highest BCUT2D eigenvalue weighted by Gasteiger charge is 2.46. The van der Waals surface area contributed by atoms with E-state index < -0.39 is 0 Å². The molecule has 0 spiro atoms. The highest BCUT2D eigenvalue weighted by atomic mass is 16.1. The molecule has 3 nitrogen and oxygen atoms in total. The molecule has 2 aliphatic rings. The second kappa shape index (κ2) is 5.30. The van der Waals surface area contributed by atoms with Crippen molar-refractivity contribution in [3.05, 3.63) is 35.9 Å². The predicted molar refractivity (Wildman–Crippen MR) is 80.6 cm³/mol. The maximum atomic E-state index is 12.7. The molecule has 1 aromatic carbocycles. The van der Waals surface area contributed by atoms with E-state index in [0.717, 1.165) is 18.7 Å². The number of rotatable bonds is 4. The van der Waals surface area contributed by atoms with Crippen molar-refractivity contribution in [2.75, 3.05) is 20.1 Å². The van der Waals surface area contributed by atoms with Gasteiger partial charge in [0.25, 0.3) is 0 Å². The normalized spacial score (nSPS) is 28.2. The Kier molecular flexibility index (Phi) is 3.65. The number of fused-ring (bicyclic) bond motifs is 2. The lowest BCUT2D eigenvalue weighted by Gasteiger charge is -2.37. The fraction of sp³-hybridized carbons (Fsp3) is 0.588. The van der Waals surface area contributed by atoms with Crippen molar-refractivity contribution >= 4 is 5.78 Å². The fourth-order valence-electron chi connectivity index (χ4n) is 3.68.